The molecule has 0 aliphatic heterocycles. The van der Waals surface area contributed by atoms with Gasteiger partial charge in [-0.3, -0.25) is 4.79 Å². The minimum absolute atomic E-state index is 0.00789. The van der Waals surface area contributed by atoms with Crippen LogP contribution < -0.4 is 14.8 Å². The van der Waals surface area contributed by atoms with E-state index >= 15 is 0 Å². The van der Waals surface area contributed by atoms with Crippen LogP contribution in [0.4, 0.5) is 5.69 Å². The second kappa shape index (κ2) is 9.58. The molecule has 0 atom stereocenters. The monoisotopic (exact) mass is 418 g/mol. The van der Waals surface area contributed by atoms with Crippen LogP contribution >= 0.6 is 0 Å². The lowest BCUT2D eigenvalue weighted by Crippen LogP contribution is -2.23. The summed E-state index contributed by atoms with van der Waals surface area (Å²) >= 11 is 0. The van der Waals surface area contributed by atoms with E-state index in [1.54, 1.807) is 26.2 Å². The van der Waals surface area contributed by atoms with Crippen molar-refractivity contribution in [1.82, 2.24) is 4.31 Å². The first-order valence-corrected chi connectivity index (χ1v) is 10.5. The third-order valence-electron chi connectivity index (χ3n) is 4.07. The number of anilines is 1. The van der Waals surface area contributed by atoms with Crippen LogP contribution in [0.1, 0.15) is 18.1 Å². The fourth-order valence-electron chi connectivity index (χ4n) is 2.59. The number of nitrogens with one attached hydrogen (secondary N) is 1. The zero-order chi connectivity index (χ0) is 21.6. The molecule has 0 spiro atoms. The maximum absolute atomic E-state index is 12.6. The van der Waals surface area contributed by atoms with Gasteiger partial charge in [-0.25, -0.2) is 12.7 Å². The molecular weight excluding hydrogens is 392 g/mol. The molecule has 0 saturated heterocycles. The molecule has 8 heteroatoms. The van der Waals surface area contributed by atoms with E-state index < -0.39 is 15.9 Å². The van der Waals surface area contributed by atoms with E-state index in [0.717, 1.165) is 15.4 Å². The highest BCUT2D eigenvalue weighted by molar-refractivity contribution is 7.89. The smallest absolute Gasteiger partial charge is 0.248 e. The molecule has 156 valence electrons. The van der Waals surface area contributed by atoms with Gasteiger partial charge in [-0.05, 0) is 50.3 Å². The average Bonchev–Trinajstić information content (AvgIpc) is 2.67. The van der Waals surface area contributed by atoms with Gasteiger partial charge < -0.3 is 14.8 Å². The molecule has 0 unspecified atom stereocenters. The van der Waals surface area contributed by atoms with Crippen LogP contribution in [0.2, 0.25) is 0 Å². The maximum Gasteiger partial charge on any atom is 0.248 e. The summed E-state index contributed by atoms with van der Waals surface area (Å²) in [6.45, 7) is 4.04. The summed E-state index contributed by atoms with van der Waals surface area (Å²) in [5.41, 5.74) is 2.15. The van der Waals surface area contributed by atoms with Crippen molar-refractivity contribution < 1.29 is 22.7 Å². The molecule has 1 N–H and O–H groups in total. The predicted octanol–water partition coefficient (Wildman–Crippen LogP) is 3.30. The van der Waals surface area contributed by atoms with Gasteiger partial charge in [0.1, 0.15) is 16.4 Å². The first kappa shape index (κ1) is 22.4. The lowest BCUT2D eigenvalue weighted by Gasteiger charge is -2.16. The van der Waals surface area contributed by atoms with Gasteiger partial charge in [0.05, 0.1) is 13.7 Å². The molecule has 2 aromatic carbocycles. The SMILES string of the molecule is CCOc1ccc(NC(=O)/C=C/c2cc(C)ccc2OC)cc1S(=O)(=O)N(C)C. The number of ether oxygens (including phenoxy) is 2. The molecule has 7 nitrogen and oxygen atoms in total. The Balaban J connectivity index is 2.28. The summed E-state index contributed by atoms with van der Waals surface area (Å²) in [6, 6.07) is 10.2. The van der Waals surface area contributed by atoms with E-state index in [1.165, 1.54) is 32.3 Å². The molecule has 0 bridgehead atoms. The highest BCUT2D eigenvalue weighted by atomic mass is 32.2. The Morgan fingerprint density at radius 1 is 1.14 bits per heavy atom. The Kier molecular flexibility index (Phi) is 7.41. The highest BCUT2D eigenvalue weighted by Gasteiger charge is 2.23. The molecule has 1 amide bonds. The minimum atomic E-state index is -3.73. The zero-order valence-electron chi connectivity index (χ0n) is 17.2. The van der Waals surface area contributed by atoms with Crippen molar-refractivity contribution in [3.8, 4) is 11.5 Å². The van der Waals surface area contributed by atoms with E-state index in [9.17, 15) is 13.2 Å². The summed E-state index contributed by atoms with van der Waals surface area (Å²) in [7, 11) is 0.707. The maximum atomic E-state index is 12.6. The summed E-state index contributed by atoms with van der Waals surface area (Å²) in [5, 5.41) is 2.68. The standard InChI is InChI=1S/C21H26N2O5S/c1-6-28-19-11-9-17(14-20(19)29(25,26)23(3)4)22-21(24)12-8-16-13-15(2)7-10-18(16)27-5/h7-14H,6H2,1-5H3,(H,22,24)/b12-8+. The number of hydrogen-bond donors (Lipinski definition) is 1. The zero-order valence-corrected chi connectivity index (χ0v) is 18.0. The fourth-order valence-corrected chi connectivity index (χ4v) is 3.64. The quantitative estimate of drug-likeness (QED) is 0.665. The van der Waals surface area contributed by atoms with E-state index in [0.29, 0.717) is 18.0 Å². The van der Waals surface area contributed by atoms with Gasteiger partial charge in [-0.1, -0.05) is 11.6 Å². The number of carbonyl (C=O) groups is 1. The van der Waals surface area contributed by atoms with Crippen LogP contribution in [0.25, 0.3) is 6.08 Å². The topological polar surface area (TPSA) is 84.9 Å². The van der Waals surface area contributed by atoms with Gasteiger partial charge in [0.15, 0.2) is 0 Å². The summed E-state index contributed by atoms with van der Waals surface area (Å²) in [5.74, 6) is 0.491. The number of nitrogens with zero attached hydrogens (tertiary/aromatic N) is 1. The minimum Gasteiger partial charge on any atom is -0.496 e. The Bertz CT molecular complexity index is 1010. The van der Waals surface area contributed by atoms with Gasteiger partial charge >= 0.3 is 0 Å². The van der Waals surface area contributed by atoms with Gasteiger partial charge in [0.25, 0.3) is 0 Å². The molecule has 2 aromatic rings. The molecule has 0 radical (unpaired) electrons. The Morgan fingerprint density at radius 3 is 2.45 bits per heavy atom. The number of aryl methyl sites for hydroxylation is 1. The van der Waals surface area contributed by atoms with Crippen molar-refractivity contribution in [3.05, 3.63) is 53.6 Å². The third kappa shape index (κ3) is 5.58. The fraction of sp³-hybridized carbons (Fsp3) is 0.286. The lowest BCUT2D eigenvalue weighted by molar-refractivity contribution is -0.111. The van der Waals surface area contributed by atoms with Crippen LogP contribution in [-0.4, -0.2) is 46.4 Å². The van der Waals surface area contributed by atoms with Crippen LogP contribution in [0.3, 0.4) is 0 Å². The summed E-state index contributed by atoms with van der Waals surface area (Å²) < 4.78 is 37.0. The Morgan fingerprint density at radius 2 is 1.83 bits per heavy atom. The van der Waals surface area contributed by atoms with Crippen molar-refractivity contribution in [3.63, 3.8) is 0 Å². The molecule has 2 rings (SSSR count). The van der Waals surface area contributed by atoms with Crippen molar-refractivity contribution in [2.45, 2.75) is 18.7 Å². The van der Waals surface area contributed by atoms with Gasteiger partial charge in [-0.15, -0.1) is 0 Å². The van der Waals surface area contributed by atoms with Crippen LogP contribution in [0.5, 0.6) is 11.5 Å². The predicted molar refractivity (Wildman–Crippen MR) is 114 cm³/mol. The molecule has 29 heavy (non-hydrogen) atoms. The number of benzene rings is 2. The Hall–Kier alpha value is -2.84. The first-order valence-electron chi connectivity index (χ1n) is 9.02. The first-order chi connectivity index (χ1) is 13.7. The molecular formula is C21H26N2O5S. The van der Waals surface area contributed by atoms with E-state index in [4.69, 9.17) is 9.47 Å². The Labute approximate surface area is 172 Å². The van der Waals surface area contributed by atoms with Gasteiger partial charge in [0.2, 0.25) is 15.9 Å². The van der Waals surface area contributed by atoms with Crippen LogP contribution in [-0.2, 0) is 14.8 Å². The van der Waals surface area contributed by atoms with Gasteiger partial charge in [-0.2, -0.15) is 0 Å². The second-order valence-electron chi connectivity index (χ2n) is 6.45. The molecule has 0 fully saturated rings. The molecule has 0 aliphatic carbocycles. The van der Waals surface area contributed by atoms with E-state index in [1.807, 2.05) is 25.1 Å². The number of methoxy groups -OCH3 is 1. The third-order valence-corrected chi connectivity index (χ3v) is 5.91. The number of hydrogen-bond acceptors (Lipinski definition) is 5. The van der Waals surface area contributed by atoms with Crippen molar-refractivity contribution >= 4 is 27.7 Å². The molecule has 0 saturated carbocycles. The van der Waals surface area contributed by atoms with Crippen molar-refractivity contribution in [2.24, 2.45) is 0 Å². The number of sulfonamides is 1. The van der Waals surface area contributed by atoms with Crippen LogP contribution in [0.15, 0.2) is 47.4 Å². The summed E-state index contributed by atoms with van der Waals surface area (Å²) in [4.78, 5) is 12.3. The number of amides is 1. The number of carbonyl (C=O) groups excluding carboxylic acids is 1. The van der Waals surface area contributed by atoms with E-state index in [2.05, 4.69) is 5.32 Å². The van der Waals surface area contributed by atoms with Crippen LogP contribution in [0, 0.1) is 6.92 Å². The van der Waals surface area contributed by atoms with E-state index in [-0.39, 0.29) is 10.6 Å². The molecule has 0 aromatic heterocycles. The lowest BCUT2D eigenvalue weighted by atomic mass is 10.1. The highest BCUT2D eigenvalue weighted by Crippen LogP contribution is 2.29. The van der Waals surface area contributed by atoms with Gasteiger partial charge in [0, 0.05) is 31.4 Å². The molecule has 0 aliphatic rings. The normalized spacial score (nSPS) is 11.7. The number of rotatable bonds is 8. The second-order valence-corrected chi connectivity index (χ2v) is 8.57. The summed E-state index contributed by atoms with van der Waals surface area (Å²) in [6.07, 6.45) is 3.01. The average molecular weight is 419 g/mol. The van der Waals surface area contributed by atoms with Crippen molar-refractivity contribution in [2.75, 3.05) is 33.1 Å². The molecule has 0 heterocycles. The van der Waals surface area contributed by atoms with Crippen molar-refractivity contribution in [1.29, 1.82) is 0 Å². The largest absolute Gasteiger partial charge is 0.496 e.